The normalized spacial score (nSPS) is 24.4. The summed E-state index contributed by atoms with van der Waals surface area (Å²) in [6.45, 7) is 6.00. The van der Waals surface area contributed by atoms with E-state index in [0.29, 0.717) is 26.3 Å². The lowest BCUT2D eigenvalue weighted by molar-refractivity contribution is -0.146. The molecule has 1 spiro atoms. The first-order valence-electron chi connectivity index (χ1n) is 9.32. The number of nitrogens with zero attached hydrogens (tertiary/aromatic N) is 4. The van der Waals surface area contributed by atoms with Crippen LogP contribution >= 0.6 is 0 Å². The molecule has 7 nitrogen and oxygen atoms in total. The van der Waals surface area contributed by atoms with Gasteiger partial charge in [-0.2, -0.15) is 0 Å². The molecule has 0 radical (unpaired) electrons. The highest BCUT2D eigenvalue weighted by atomic mass is 16.6. The van der Waals surface area contributed by atoms with Crippen molar-refractivity contribution >= 4 is 11.6 Å². The maximum Gasteiger partial charge on any atom is 0.253 e. The molecule has 4 rings (SSSR count). The molecule has 3 heterocycles. The molecule has 7 heteroatoms. The average Bonchev–Trinajstić information content (AvgIpc) is 2.95. The average molecular weight is 370 g/mol. The van der Waals surface area contributed by atoms with Crippen LogP contribution in [0, 0.1) is 6.92 Å². The Labute approximate surface area is 159 Å². The summed E-state index contributed by atoms with van der Waals surface area (Å²) in [5, 5.41) is 0. The minimum Gasteiger partial charge on any atom is -0.377 e. The number of rotatable bonds is 3. The molecule has 27 heavy (non-hydrogen) atoms. The van der Waals surface area contributed by atoms with Crippen LogP contribution in [0.1, 0.15) is 11.4 Å². The summed E-state index contributed by atoms with van der Waals surface area (Å²) in [5.74, 6) is 0.999. The van der Waals surface area contributed by atoms with E-state index >= 15 is 0 Å². The lowest BCUT2D eigenvalue weighted by Gasteiger charge is -2.43. The molecule has 2 aliphatic heterocycles. The van der Waals surface area contributed by atoms with E-state index in [-0.39, 0.29) is 12.5 Å². The van der Waals surface area contributed by atoms with Crippen molar-refractivity contribution in [1.82, 2.24) is 14.5 Å². The predicted octanol–water partition coefficient (Wildman–Crippen LogP) is 1.36. The number of carbonyl (C=O) groups is 1. The summed E-state index contributed by atoms with van der Waals surface area (Å²) in [4.78, 5) is 21.1. The highest BCUT2D eigenvalue weighted by Gasteiger charge is 2.43. The number of imidazole rings is 1. The molecule has 1 amide bonds. The summed E-state index contributed by atoms with van der Waals surface area (Å²) in [5.41, 5.74) is 1.56. The van der Waals surface area contributed by atoms with Crippen molar-refractivity contribution in [3.63, 3.8) is 0 Å². The van der Waals surface area contributed by atoms with E-state index in [2.05, 4.69) is 9.88 Å². The van der Waals surface area contributed by atoms with Crippen LogP contribution in [-0.4, -0.2) is 65.4 Å². The summed E-state index contributed by atoms with van der Waals surface area (Å²) in [7, 11) is 2.00. The van der Waals surface area contributed by atoms with Crippen LogP contribution in [0.15, 0.2) is 36.7 Å². The topological polar surface area (TPSA) is 59.8 Å². The van der Waals surface area contributed by atoms with Crippen LogP contribution in [0.2, 0.25) is 0 Å². The number of aryl methyl sites for hydroxylation is 2. The molecule has 2 aliphatic rings. The smallest absolute Gasteiger partial charge is 0.253 e. The lowest BCUT2D eigenvalue weighted by Crippen LogP contribution is -2.60. The van der Waals surface area contributed by atoms with Gasteiger partial charge in [0.2, 0.25) is 0 Å². The van der Waals surface area contributed by atoms with Crippen LogP contribution in [0.5, 0.6) is 0 Å². The molecular weight excluding hydrogens is 344 g/mol. The van der Waals surface area contributed by atoms with Gasteiger partial charge >= 0.3 is 0 Å². The molecule has 0 bridgehead atoms. The number of aromatic nitrogens is 2. The number of hydrogen-bond donors (Lipinski definition) is 0. The van der Waals surface area contributed by atoms with Crippen molar-refractivity contribution in [1.29, 1.82) is 0 Å². The van der Waals surface area contributed by atoms with Gasteiger partial charge in [0.05, 0.1) is 26.3 Å². The van der Waals surface area contributed by atoms with E-state index in [1.165, 1.54) is 5.56 Å². The number of carbonyl (C=O) groups excluding carboxylic acids is 1. The molecule has 1 aromatic heterocycles. The molecule has 0 saturated carbocycles. The predicted molar refractivity (Wildman–Crippen MR) is 102 cm³/mol. The van der Waals surface area contributed by atoms with Gasteiger partial charge < -0.3 is 18.9 Å². The van der Waals surface area contributed by atoms with E-state index in [1.807, 2.05) is 60.1 Å². The van der Waals surface area contributed by atoms with Crippen molar-refractivity contribution in [2.24, 2.45) is 7.05 Å². The fraction of sp³-hybridized carbons (Fsp3) is 0.500. The quantitative estimate of drug-likeness (QED) is 0.817. The van der Waals surface area contributed by atoms with Gasteiger partial charge in [0, 0.05) is 38.2 Å². The van der Waals surface area contributed by atoms with E-state index < -0.39 is 5.60 Å². The maximum atomic E-state index is 12.5. The molecule has 1 unspecified atom stereocenters. The van der Waals surface area contributed by atoms with Gasteiger partial charge in [0.1, 0.15) is 18.0 Å². The number of anilines is 1. The number of benzene rings is 1. The first-order valence-corrected chi connectivity index (χ1v) is 9.32. The summed E-state index contributed by atoms with van der Waals surface area (Å²) < 4.78 is 14.0. The zero-order chi connectivity index (χ0) is 18.9. The van der Waals surface area contributed by atoms with Gasteiger partial charge in [-0.1, -0.05) is 17.7 Å². The second-order valence-electron chi connectivity index (χ2n) is 7.50. The molecule has 2 fully saturated rings. The molecular formula is C20H26N4O3. The van der Waals surface area contributed by atoms with Gasteiger partial charge in [0.15, 0.2) is 0 Å². The highest BCUT2D eigenvalue weighted by molar-refractivity contribution is 5.95. The summed E-state index contributed by atoms with van der Waals surface area (Å²) in [6.07, 6.45) is 3.77. The van der Waals surface area contributed by atoms with Crippen molar-refractivity contribution in [3.05, 3.63) is 48.0 Å². The van der Waals surface area contributed by atoms with Crippen molar-refractivity contribution in [2.75, 3.05) is 44.4 Å². The molecule has 2 saturated heterocycles. The van der Waals surface area contributed by atoms with Gasteiger partial charge in [-0.25, -0.2) is 4.98 Å². The zero-order valence-corrected chi connectivity index (χ0v) is 15.9. The minimum atomic E-state index is -0.527. The Kier molecular flexibility index (Phi) is 4.99. The van der Waals surface area contributed by atoms with Crippen LogP contribution in [-0.2, 0) is 27.9 Å². The number of hydrogen-bond acceptors (Lipinski definition) is 5. The second kappa shape index (κ2) is 7.42. The maximum absolute atomic E-state index is 12.5. The summed E-state index contributed by atoms with van der Waals surface area (Å²) in [6, 6.07) is 8.05. The minimum absolute atomic E-state index is 0.00984. The number of amides is 1. The third-order valence-corrected chi connectivity index (χ3v) is 5.31. The third-order valence-electron chi connectivity index (χ3n) is 5.31. The van der Waals surface area contributed by atoms with Crippen LogP contribution in [0.3, 0.4) is 0 Å². The SMILES string of the molecule is Cc1ccc(N2CC3(COCCN(Cc4nccn4C)C3)OCC2=O)cc1. The first-order chi connectivity index (χ1) is 13.0. The Morgan fingerprint density at radius 1 is 1.22 bits per heavy atom. The van der Waals surface area contributed by atoms with Gasteiger partial charge in [-0.05, 0) is 19.1 Å². The molecule has 0 N–H and O–H groups in total. The van der Waals surface area contributed by atoms with Crippen molar-refractivity contribution in [3.8, 4) is 0 Å². The largest absolute Gasteiger partial charge is 0.377 e. The second-order valence-corrected chi connectivity index (χ2v) is 7.50. The molecule has 1 atom stereocenters. The molecule has 144 valence electrons. The highest BCUT2D eigenvalue weighted by Crippen LogP contribution is 2.27. The summed E-state index contributed by atoms with van der Waals surface area (Å²) >= 11 is 0. The Morgan fingerprint density at radius 3 is 2.78 bits per heavy atom. The molecule has 2 aromatic rings. The van der Waals surface area contributed by atoms with Gasteiger partial charge in [0.25, 0.3) is 5.91 Å². The number of morpholine rings is 1. The first kappa shape index (κ1) is 18.2. The Balaban J connectivity index is 1.54. The zero-order valence-electron chi connectivity index (χ0n) is 15.9. The van der Waals surface area contributed by atoms with Crippen LogP contribution in [0.25, 0.3) is 0 Å². The van der Waals surface area contributed by atoms with E-state index in [0.717, 1.165) is 24.6 Å². The lowest BCUT2D eigenvalue weighted by atomic mass is 10.0. The Hall–Kier alpha value is -2.22. The van der Waals surface area contributed by atoms with Gasteiger partial charge in [-0.15, -0.1) is 0 Å². The van der Waals surface area contributed by atoms with Crippen molar-refractivity contribution in [2.45, 2.75) is 19.1 Å². The van der Waals surface area contributed by atoms with Crippen LogP contribution < -0.4 is 4.90 Å². The van der Waals surface area contributed by atoms with E-state index in [4.69, 9.17) is 9.47 Å². The van der Waals surface area contributed by atoms with E-state index in [1.54, 1.807) is 0 Å². The monoisotopic (exact) mass is 370 g/mol. The fourth-order valence-electron chi connectivity index (χ4n) is 3.73. The third kappa shape index (κ3) is 3.90. The molecule has 0 aliphatic carbocycles. The standard InChI is InChI=1S/C20H26N4O3/c1-16-3-5-17(6-4-16)24-14-20(27-12-19(24)25)13-23(9-10-26-15-20)11-18-21-7-8-22(18)2/h3-8H,9-15H2,1-2H3. The van der Waals surface area contributed by atoms with E-state index in [9.17, 15) is 4.79 Å². The van der Waals surface area contributed by atoms with Crippen molar-refractivity contribution < 1.29 is 14.3 Å². The number of ether oxygens (including phenoxy) is 2. The van der Waals surface area contributed by atoms with Crippen LogP contribution in [0.4, 0.5) is 5.69 Å². The Morgan fingerprint density at radius 2 is 2.04 bits per heavy atom. The van der Waals surface area contributed by atoms with Gasteiger partial charge in [-0.3, -0.25) is 9.69 Å². The Bertz CT molecular complexity index is 804. The fourth-order valence-corrected chi connectivity index (χ4v) is 3.73. The molecule has 1 aromatic carbocycles.